The van der Waals surface area contributed by atoms with Gasteiger partial charge in [0.15, 0.2) is 0 Å². The Morgan fingerprint density at radius 2 is 2.00 bits per heavy atom. The zero-order chi connectivity index (χ0) is 14.5. The summed E-state index contributed by atoms with van der Waals surface area (Å²) in [5.41, 5.74) is 4.19. The van der Waals surface area contributed by atoms with Gasteiger partial charge >= 0.3 is 0 Å². The Labute approximate surface area is 123 Å². The molecule has 4 heteroatoms. The molecule has 0 spiro atoms. The third kappa shape index (κ3) is 3.84. The number of nitrogens with one attached hydrogen (secondary N) is 1. The molecule has 1 aromatic heterocycles. The summed E-state index contributed by atoms with van der Waals surface area (Å²) in [6.45, 7) is 15.9. The molecule has 0 amide bonds. The number of aromatic nitrogens is 1. The lowest BCUT2D eigenvalue weighted by atomic mass is 10.2. The predicted octanol–water partition coefficient (Wildman–Crippen LogP) is 1.94. The first-order valence-corrected chi connectivity index (χ1v) is 7.81. The Hall–Kier alpha value is -0.840. The monoisotopic (exact) mass is 279 g/mol. The molecule has 20 heavy (non-hydrogen) atoms. The summed E-state index contributed by atoms with van der Waals surface area (Å²) in [6.07, 6.45) is 0. The van der Waals surface area contributed by atoms with Gasteiger partial charge in [0.2, 0.25) is 0 Å². The summed E-state index contributed by atoms with van der Waals surface area (Å²) in [5.74, 6) is 0. The highest BCUT2D eigenvalue weighted by atomic mass is 16.5. The third-order valence-corrected chi connectivity index (χ3v) is 4.27. The van der Waals surface area contributed by atoms with Crippen molar-refractivity contribution in [2.24, 2.45) is 0 Å². The van der Waals surface area contributed by atoms with E-state index in [0.29, 0.717) is 6.04 Å². The van der Waals surface area contributed by atoms with Gasteiger partial charge in [-0.05, 0) is 39.3 Å². The highest BCUT2D eigenvalue weighted by Gasteiger charge is 2.14. The van der Waals surface area contributed by atoms with E-state index < -0.39 is 0 Å². The molecule has 0 saturated carbocycles. The number of nitrogens with zero attached hydrogens (tertiary/aromatic N) is 2. The quantitative estimate of drug-likeness (QED) is 0.863. The van der Waals surface area contributed by atoms with Crippen molar-refractivity contribution in [1.82, 2.24) is 14.8 Å². The first-order valence-electron chi connectivity index (χ1n) is 7.81. The van der Waals surface area contributed by atoms with Crippen molar-refractivity contribution in [2.75, 3.05) is 32.8 Å². The molecule has 1 fully saturated rings. The molecule has 2 heterocycles. The van der Waals surface area contributed by atoms with Crippen molar-refractivity contribution in [3.05, 3.63) is 23.0 Å². The molecule has 1 aliphatic rings. The van der Waals surface area contributed by atoms with E-state index in [1.54, 1.807) is 0 Å². The smallest absolute Gasteiger partial charge is 0.0594 e. The van der Waals surface area contributed by atoms with Crippen LogP contribution in [0.2, 0.25) is 0 Å². The molecule has 1 aromatic rings. The van der Waals surface area contributed by atoms with Gasteiger partial charge in [0.05, 0.1) is 13.2 Å². The summed E-state index contributed by atoms with van der Waals surface area (Å²) >= 11 is 0. The lowest BCUT2D eigenvalue weighted by Gasteiger charge is -2.29. The number of aryl methyl sites for hydroxylation is 1. The van der Waals surface area contributed by atoms with Gasteiger partial charge in [-0.15, -0.1) is 0 Å². The van der Waals surface area contributed by atoms with Gasteiger partial charge in [-0.1, -0.05) is 0 Å². The van der Waals surface area contributed by atoms with Crippen LogP contribution in [0.1, 0.15) is 30.8 Å². The lowest BCUT2D eigenvalue weighted by molar-refractivity contribution is 0.0343. The van der Waals surface area contributed by atoms with E-state index in [2.05, 4.69) is 48.5 Å². The van der Waals surface area contributed by atoms with Crippen molar-refractivity contribution >= 4 is 0 Å². The molecular weight excluding hydrogens is 250 g/mol. The Morgan fingerprint density at radius 3 is 2.60 bits per heavy atom. The minimum absolute atomic E-state index is 0.512. The maximum absolute atomic E-state index is 5.39. The van der Waals surface area contributed by atoms with Gasteiger partial charge in [0.25, 0.3) is 0 Å². The number of hydrogen-bond acceptors (Lipinski definition) is 3. The fourth-order valence-electron chi connectivity index (χ4n) is 3.06. The van der Waals surface area contributed by atoms with Crippen LogP contribution in [-0.2, 0) is 17.8 Å². The number of rotatable bonds is 6. The maximum Gasteiger partial charge on any atom is 0.0594 e. The highest BCUT2D eigenvalue weighted by molar-refractivity contribution is 5.26. The fraction of sp³-hybridized carbons (Fsp3) is 0.750. The Bertz CT molecular complexity index is 422. The van der Waals surface area contributed by atoms with E-state index in [0.717, 1.165) is 45.9 Å². The molecule has 2 rings (SSSR count). The molecule has 1 aliphatic heterocycles. The predicted molar refractivity (Wildman–Crippen MR) is 83.1 cm³/mol. The van der Waals surface area contributed by atoms with Gasteiger partial charge in [-0.2, -0.15) is 0 Å². The molecule has 1 unspecified atom stereocenters. The topological polar surface area (TPSA) is 29.4 Å². The molecule has 1 atom stereocenters. The highest BCUT2D eigenvalue weighted by Crippen LogP contribution is 2.14. The van der Waals surface area contributed by atoms with Gasteiger partial charge in [0, 0.05) is 50.2 Å². The molecule has 0 bridgehead atoms. The minimum Gasteiger partial charge on any atom is -0.379 e. The van der Waals surface area contributed by atoms with Crippen LogP contribution in [0.15, 0.2) is 6.07 Å². The summed E-state index contributed by atoms with van der Waals surface area (Å²) in [4.78, 5) is 2.48. The fourth-order valence-corrected chi connectivity index (χ4v) is 3.06. The molecule has 1 saturated heterocycles. The average Bonchev–Trinajstić information content (AvgIpc) is 2.72. The third-order valence-electron chi connectivity index (χ3n) is 4.27. The molecule has 1 N–H and O–H groups in total. The summed E-state index contributed by atoms with van der Waals surface area (Å²) in [7, 11) is 0. The van der Waals surface area contributed by atoms with Crippen molar-refractivity contribution in [2.45, 2.75) is 46.8 Å². The van der Waals surface area contributed by atoms with Gasteiger partial charge in [-0.25, -0.2) is 0 Å². The minimum atomic E-state index is 0.512. The van der Waals surface area contributed by atoms with Crippen LogP contribution in [0.3, 0.4) is 0 Å². The lowest BCUT2D eigenvalue weighted by Crippen LogP contribution is -2.44. The van der Waals surface area contributed by atoms with Crippen LogP contribution in [0.4, 0.5) is 0 Å². The standard InChI is InChI=1S/C16H29N3O/c1-5-19-14(3)10-16(15(19)4)11-17-13(2)12-18-6-8-20-9-7-18/h10,13,17H,5-9,11-12H2,1-4H3. The zero-order valence-electron chi connectivity index (χ0n) is 13.4. The number of ether oxygens (including phenoxy) is 1. The molecule has 4 nitrogen and oxygen atoms in total. The van der Waals surface area contributed by atoms with Gasteiger partial charge in [-0.3, -0.25) is 4.90 Å². The van der Waals surface area contributed by atoms with Crippen molar-refractivity contribution in [1.29, 1.82) is 0 Å². The first kappa shape index (κ1) is 15.5. The van der Waals surface area contributed by atoms with Crippen LogP contribution in [0, 0.1) is 13.8 Å². The van der Waals surface area contributed by atoms with Crippen LogP contribution >= 0.6 is 0 Å². The van der Waals surface area contributed by atoms with Crippen LogP contribution in [0.5, 0.6) is 0 Å². The van der Waals surface area contributed by atoms with Gasteiger partial charge < -0.3 is 14.6 Å². The van der Waals surface area contributed by atoms with E-state index in [9.17, 15) is 0 Å². The van der Waals surface area contributed by atoms with Crippen LogP contribution in [0.25, 0.3) is 0 Å². The summed E-state index contributed by atoms with van der Waals surface area (Å²) in [6, 6.07) is 2.82. The zero-order valence-corrected chi connectivity index (χ0v) is 13.4. The molecule has 114 valence electrons. The summed E-state index contributed by atoms with van der Waals surface area (Å²) < 4.78 is 7.77. The molecule has 0 radical (unpaired) electrons. The van der Waals surface area contributed by atoms with Gasteiger partial charge in [0.1, 0.15) is 0 Å². The van der Waals surface area contributed by atoms with Crippen molar-refractivity contribution < 1.29 is 4.74 Å². The molecule has 0 aliphatic carbocycles. The summed E-state index contributed by atoms with van der Waals surface area (Å²) in [5, 5.41) is 3.66. The van der Waals surface area contributed by atoms with E-state index in [1.165, 1.54) is 17.0 Å². The Morgan fingerprint density at radius 1 is 1.30 bits per heavy atom. The van der Waals surface area contributed by atoms with Crippen molar-refractivity contribution in [3.63, 3.8) is 0 Å². The van der Waals surface area contributed by atoms with E-state index in [1.807, 2.05) is 0 Å². The molecule has 0 aromatic carbocycles. The van der Waals surface area contributed by atoms with E-state index in [-0.39, 0.29) is 0 Å². The maximum atomic E-state index is 5.39. The number of morpholine rings is 1. The van der Waals surface area contributed by atoms with Crippen LogP contribution in [-0.4, -0.2) is 48.4 Å². The largest absolute Gasteiger partial charge is 0.379 e. The average molecular weight is 279 g/mol. The number of hydrogen-bond donors (Lipinski definition) is 1. The Kier molecular flexibility index (Phi) is 5.64. The normalized spacial score (nSPS) is 18.4. The van der Waals surface area contributed by atoms with E-state index in [4.69, 9.17) is 4.74 Å². The van der Waals surface area contributed by atoms with E-state index >= 15 is 0 Å². The first-order chi connectivity index (χ1) is 9.61. The van der Waals surface area contributed by atoms with Crippen molar-refractivity contribution in [3.8, 4) is 0 Å². The second kappa shape index (κ2) is 7.25. The molecular formula is C16H29N3O. The van der Waals surface area contributed by atoms with Crippen LogP contribution < -0.4 is 5.32 Å². The SMILES string of the molecule is CCn1c(C)cc(CNC(C)CN2CCOCC2)c1C. The second-order valence-electron chi connectivity index (χ2n) is 5.84. The second-order valence-corrected chi connectivity index (χ2v) is 5.84. The Balaban J connectivity index is 1.82.